The van der Waals surface area contributed by atoms with Gasteiger partial charge in [-0.25, -0.2) is 0 Å². The fourth-order valence-electron chi connectivity index (χ4n) is 2.53. The zero-order valence-electron chi connectivity index (χ0n) is 13.8. The van der Waals surface area contributed by atoms with E-state index in [0.29, 0.717) is 45.7 Å². The summed E-state index contributed by atoms with van der Waals surface area (Å²) >= 11 is 12.0. The van der Waals surface area contributed by atoms with Gasteiger partial charge in [-0.05, 0) is 55.8 Å². The number of carbonyl (C=O) groups excluding carboxylic acids is 1. The zero-order valence-corrected chi connectivity index (χ0v) is 15.3. The van der Waals surface area contributed by atoms with Crippen LogP contribution >= 0.6 is 23.2 Å². The first kappa shape index (κ1) is 19.2. The van der Waals surface area contributed by atoms with Gasteiger partial charge >= 0.3 is 0 Å². The largest absolute Gasteiger partial charge is 0.398 e. The average Bonchev–Trinajstić information content (AvgIpc) is 2.56. The van der Waals surface area contributed by atoms with E-state index < -0.39 is 5.92 Å². The van der Waals surface area contributed by atoms with E-state index in [1.807, 2.05) is 0 Å². The van der Waals surface area contributed by atoms with Gasteiger partial charge < -0.3 is 22.2 Å². The Kier molecular flexibility index (Phi) is 6.42. The molecule has 132 valence electrons. The summed E-state index contributed by atoms with van der Waals surface area (Å²) in [5, 5.41) is 11.4. The van der Waals surface area contributed by atoms with Crippen molar-refractivity contribution >= 4 is 46.2 Å². The Morgan fingerprint density at radius 1 is 1.20 bits per heavy atom. The molecule has 0 aliphatic rings. The van der Waals surface area contributed by atoms with Gasteiger partial charge in [0.1, 0.15) is 0 Å². The number of anilines is 2. The second kappa shape index (κ2) is 8.34. The highest BCUT2D eigenvalue weighted by atomic mass is 35.5. The predicted molar refractivity (Wildman–Crippen MR) is 105 cm³/mol. The summed E-state index contributed by atoms with van der Waals surface area (Å²) in [4.78, 5) is 12.7. The highest BCUT2D eigenvalue weighted by Crippen LogP contribution is 2.29. The lowest BCUT2D eigenvalue weighted by molar-refractivity contribution is -0.117. The van der Waals surface area contributed by atoms with E-state index in [1.54, 1.807) is 43.3 Å². The number of halogens is 2. The number of nitrogens with two attached hydrogens (primary N) is 2. The van der Waals surface area contributed by atoms with E-state index in [9.17, 15) is 4.79 Å². The van der Waals surface area contributed by atoms with Gasteiger partial charge in [0.25, 0.3) is 0 Å². The Labute approximate surface area is 156 Å². The third kappa shape index (κ3) is 4.72. The van der Waals surface area contributed by atoms with Crippen molar-refractivity contribution in [3.63, 3.8) is 0 Å². The first-order chi connectivity index (χ1) is 11.8. The number of nitrogens with one attached hydrogen (secondary N) is 2. The fraction of sp³-hybridized carbons (Fsp3) is 0.222. The molecule has 1 unspecified atom stereocenters. The molecule has 1 atom stereocenters. The van der Waals surface area contributed by atoms with Crippen LogP contribution in [0.25, 0.3) is 0 Å². The van der Waals surface area contributed by atoms with Gasteiger partial charge in [0, 0.05) is 22.6 Å². The summed E-state index contributed by atoms with van der Waals surface area (Å²) in [6, 6.07) is 10.2. The van der Waals surface area contributed by atoms with E-state index >= 15 is 0 Å². The zero-order chi connectivity index (χ0) is 18.6. The van der Waals surface area contributed by atoms with Crippen molar-refractivity contribution in [2.75, 3.05) is 17.6 Å². The molecule has 0 aliphatic carbocycles. The molecule has 2 aromatic carbocycles. The van der Waals surface area contributed by atoms with Crippen molar-refractivity contribution in [1.29, 1.82) is 5.41 Å². The summed E-state index contributed by atoms with van der Waals surface area (Å²) < 4.78 is 0. The summed E-state index contributed by atoms with van der Waals surface area (Å²) in [6.45, 7) is 2.00. The van der Waals surface area contributed by atoms with Crippen molar-refractivity contribution in [3.8, 4) is 0 Å². The standard InChI is InChI=1S/C18H20Cl2N4O/c1-10(22)14-9-12(3-5-17(14)23)24-18(25)13(6-7-21)11-2-4-15(19)16(20)8-11/h2-5,8-9,13,22H,6-7,21,23H2,1H3,(H,24,25). The van der Waals surface area contributed by atoms with Crippen LogP contribution in [0.3, 0.4) is 0 Å². The molecule has 0 saturated carbocycles. The Hall–Kier alpha value is -2.08. The van der Waals surface area contributed by atoms with Crippen molar-refractivity contribution in [2.24, 2.45) is 5.73 Å². The lowest BCUT2D eigenvalue weighted by Crippen LogP contribution is -2.23. The molecule has 0 aliphatic heterocycles. The van der Waals surface area contributed by atoms with Gasteiger partial charge in [-0.2, -0.15) is 0 Å². The molecular formula is C18H20Cl2N4O. The molecule has 5 nitrogen and oxygen atoms in total. The molecule has 7 heteroatoms. The highest BCUT2D eigenvalue weighted by molar-refractivity contribution is 6.42. The van der Waals surface area contributed by atoms with E-state index in [1.165, 1.54) is 0 Å². The highest BCUT2D eigenvalue weighted by Gasteiger charge is 2.21. The van der Waals surface area contributed by atoms with E-state index in [2.05, 4.69) is 5.32 Å². The maximum atomic E-state index is 12.7. The summed E-state index contributed by atoms with van der Waals surface area (Å²) in [6.07, 6.45) is 0.467. The smallest absolute Gasteiger partial charge is 0.231 e. The van der Waals surface area contributed by atoms with Crippen LogP contribution in [-0.4, -0.2) is 18.2 Å². The molecule has 0 aromatic heterocycles. The number of rotatable bonds is 6. The van der Waals surface area contributed by atoms with Gasteiger partial charge in [0.05, 0.1) is 16.0 Å². The van der Waals surface area contributed by atoms with Crippen molar-refractivity contribution in [2.45, 2.75) is 19.3 Å². The normalized spacial score (nSPS) is 11.8. The van der Waals surface area contributed by atoms with Crippen LogP contribution < -0.4 is 16.8 Å². The van der Waals surface area contributed by atoms with Gasteiger partial charge in [-0.1, -0.05) is 29.3 Å². The third-order valence-corrected chi connectivity index (χ3v) is 4.58. The monoisotopic (exact) mass is 378 g/mol. The molecule has 0 fully saturated rings. The number of amides is 1. The molecule has 0 bridgehead atoms. The molecule has 0 saturated heterocycles. The summed E-state index contributed by atoms with van der Waals surface area (Å²) in [5.74, 6) is -0.663. The minimum Gasteiger partial charge on any atom is -0.398 e. The van der Waals surface area contributed by atoms with E-state index in [-0.39, 0.29) is 5.91 Å². The first-order valence-electron chi connectivity index (χ1n) is 7.74. The Bertz CT molecular complexity index is 808. The van der Waals surface area contributed by atoms with Crippen LogP contribution in [0.15, 0.2) is 36.4 Å². The second-order valence-electron chi connectivity index (χ2n) is 5.72. The second-order valence-corrected chi connectivity index (χ2v) is 6.53. The molecule has 2 aromatic rings. The predicted octanol–water partition coefficient (Wildman–Crippen LogP) is 4.03. The Morgan fingerprint density at radius 3 is 2.52 bits per heavy atom. The number of hydrogen-bond acceptors (Lipinski definition) is 4. The minimum atomic E-state index is -0.457. The van der Waals surface area contributed by atoms with Crippen LogP contribution in [0, 0.1) is 5.41 Å². The maximum Gasteiger partial charge on any atom is 0.231 e. The molecule has 6 N–H and O–H groups in total. The van der Waals surface area contributed by atoms with Crippen LogP contribution in [0.4, 0.5) is 11.4 Å². The number of carbonyl (C=O) groups is 1. The van der Waals surface area contributed by atoms with Crippen LogP contribution in [0.5, 0.6) is 0 Å². The van der Waals surface area contributed by atoms with Crippen LogP contribution in [-0.2, 0) is 4.79 Å². The molecule has 2 rings (SSSR count). The van der Waals surface area contributed by atoms with Gasteiger partial charge in [-0.15, -0.1) is 0 Å². The lowest BCUT2D eigenvalue weighted by Gasteiger charge is -2.18. The molecule has 1 amide bonds. The van der Waals surface area contributed by atoms with E-state index in [0.717, 1.165) is 5.56 Å². The molecule has 0 heterocycles. The summed E-state index contributed by atoms with van der Waals surface area (Å²) in [7, 11) is 0. The lowest BCUT2D eigenvalue weighted by atomic mass is 9.94. The minimum absolute atomic E-state index is 0.206. The molecule has 0 spiro atoms. The first-order valence-corrected chi connectivity index (χ1v) is 8.50. The molecule has 25 heavy (non-hydrogen) atoms. The van der Waals surface area contributed by atoms with Crippen LogP contribution in [0.2, 0.25) is 10.0 Å². The third-order valence-electron chi connectivity index (χ3n) is 3.84. The topological polar surface area (TPSA) is 105 Å². The van der Waals surface area contributed by atoms with Crippen molar-refractivity contribution < 1.29 is 4.79 Å². The summed E-state index contributed by atoms with van der Waals surface area (Å²) in [5.41, 5.74) is 14.2. The van der Waals surface area contributed by atoms with Crippen molar-refractivity contribution in [1.82, 2.24) is 0 Å². The number of benzene rings is 2. The van der Waals surface area contributed by atoms with E-state index in [4.69, 9.17) is 40.1 Å². The Balaban J connectivity index is 2.27. The fourth-order valence-corrected chi connectivity index (χ4v) is 2.84. The number of hydrogen-bond donors (Lipinski definition) is 4. The van der Waals surface area contributed by atoms with Crippen molar-refractivity contribution in [3.05, 3.63) is 57.6 Å². The maximum absolute atomic E-state index is 12.7. The molecular weight excluding hydrogens is 359 g/mol. The van der Waals surface area contributed by atoms with Crippen LogP contribution in [0.1, 0.15) is 30.4 Å². The SMILES string of the molecule is CC(=N)c1cc(NC(=O)C(CCN)c2ccc(Cl)c(Cl)c2)ccc1N. The van der Waals surface area contributed by atoms with Gasteiger partial charge in [0.15, 0.2) is 0 Å². The average molecular weight is 379 g/mol. The Morgan fingerprint density at radius 2 is 1.92 bits per heavy atom. The number of nitrogen functional groups attached to an aromatic ring is 1. The van der Waals surface area contributed by atoms with Gasteiger partial charge in [-0.3, -0.25) is 4.79 Å². The quantitative estimate of drug-likeness (QED) is 0.450. The molecule has 0 radical (unpaired) electrons. The van der Waals surface area contributed by atoms with Gasteiger partial charge in [0.2, 0.25) is 5.91 Å².